The molecule has 2 nitrogen and oxygen atoms in total. The highest BCUT2D eigenvalue weighted by molar-refractivity contribution is 5.81. The van der Waals surface area contributed by atoms with Crippen LogP contribution in [-0.2, 0) is 0 Å². The third kappa shape index (κ3) is 6.35. The van der Waals surface area contributed by atoms with E-state index in [1.165, 1.54) is 0 Å². The molecule has 4 aromatic rings. The SMILES string of the molecule is C(/C=C/c1ccccc1)=Nc1ccc(-c2ccc(N=C/C=C/c3ccccc3)cc2)cc1. The summed E-state index contributed by atoms with van der Waals surface area (Å²) in [7, 11) is 0. The summed E-state index contributed by atoms with van der Waals surface area (Å²) in [4.78, 5) is 8.99. The van der Waals surface area contributed by atoms with Gasteiger partial charge in [-0.05, 0) is 58.7 Å². The average molecular weight is 413 g/mol. The van der Waals surface area contributed by atoms with E-state index in [9.17, 15) is 0 Å². The van der Waals surface area contributed by atoms with Gasteiger partial charge in [0.25, 0.3) is 0 Å². The lowest BCUT2D eigenvalue weighted by molar-refractivity contribution is 1.51. The first-order chi connectivity index (χ1) is 15.9. The molecule has 0 unspecified atom stereocenters. The van der Waals surface area contributed by atoms with Gasteiger partial charge in [-0.1, -0.05) is 97.1 Å². The number of allylic oxidation sites excluding steroid dienone is 2. The van der Waals surface area contributed by atoms with Crippen molar-refractivity contribution in [1.82, 2.24) is 0 Å². The van der Waals surface area contributed by atoms with E-state index < -0.39 is 0 Å². The highest BCUT2D eigenvalue weighted by atomic mass is 14.7. The number of benzene rings is 4. The van der Waals surface area contributed by atoms with Crippen molar-refractivity contribution in [3.63, 3.8) is 0 Å². The van der Waals surface area contributed by atoms with Crippen molar-refractivity contribution < 1.29 is 0 Å². The summed E-state index contributed by atoms with van der Waals surface area (Å²) in [5, 5.41) is 0. The quantitative estimate of drug-likeness (QED) is 0.273. The topological polar surface area (TPSA) is 24.7 Å². The van der Waals surface area contributed by atoms with Crippen molar-refractivity contribution in [2.45, 2.75) is 0 Å². The average Bonchev–Trinajstić information content (AvgIpc) is 2.87. The molecule has 0 atom stereocenters. The van der Waals surface area contributed by atoms with Gasteiger partial charge >= 0.3 is 0 Å². The minimum absolute atomic E-state index is 0.929. The van der Waals surface area contributed by atoms with Crippen LogP contribution in [0.4, 0.5) is 11.4 Å². The van der Waals surface area contributed by atoms with Crippen LogP contribution in [0.1, 0.15) is 11.1 Å². The van der Waals surface area contributed by atoms with Gasteiger partial charge in [0.05, 0.1) is 11.4 Å². The molecule has 0 saturated heterocycles. The van der Waals surface area contributed by atoms with E-state index in [1.54, 1.807) is 0 Å². The van der Waals surface area contributed by atoms with Crippen molar-refractivity contribution in [3.05, 3.63) is 132 Å². The molecular formula is C30H24N2. The summed E-state index contributed by atoms with van der Waals surface area (Å²) in [6, 6.07) is 36.9. The van der Waals surface area contributed by atoms with E-state index in [-0.39, 0.29) is 0 Å². The van der Waals surface area contributed by atoms with Crippen LogP contribution in [0.2, 0.25) is 0 Å². The Bertz CT molecular complexity index is 1110. The Morgan fingerprint density at radius 1 is 0.406 bits per heavy atom. The first-order valence-corrected chi connectivity index (χ1v) is 10.6. The number of hydrogen-bond donors (Lipinski definition) is 0. The fraction of sp³-hybridized carbons (Fsp3) is 0. The summed E-state index contributed by atoms with van der Waals surface area (Å²) in [6.07, 6.45) is 11.6. The Labute approximate surface area is 189 Å². The van der Waals surface area contributed by atoms with Crippen LogP contribution in [-0.4, -0.2) is 12.4 Å². The summed E-state index contributed by atoms with van der Waals surface area (Å²) in [5.41, 5.74) is 6.49. The Morgan fingerprint density at radius 2 is 0.781 bits per heavy atom. The molecule has 4 rings (SSSR count). The summed E-state index contributed by atoms with van der Waals surface area (Å²) in [6.45, 7) is 0. The van der Waals surface area contributed by atoms with Crippen LogP contribution in [0, 0.1) is 0 Å². The molecule has 0 aliphatic carbocycles. The molecule has 0 aromatic heterocycles. The molecule has 0 saturated carbocycles. The second-order valence-electron chi connectivity index (χ2n) is 7.19. The summed E-state index contributed by atoms with van der Waals surface area (Å²) >= 11 is 0. The van der Waals surface area contributed by atoms with Gasteiger partial charge in [-0.3, -0.25) is 9.98 Å². The second kappa shape index (κ2) is 11.2. The molecule has 4 aromatic carbocycles. The molecule has 154 valence electrons. The van der Waals surface area contributed by atoms with Crippen molar-refractivity contribution in [3.8, 4) is 11.1 Å². The van der Waals surface area contributed by atoms with Crippen LogP contribution in [0.15, 0.2) is 131 Å². The molecule has 0 bridgehead atoms. The van der Waals surface area contributed by atoms with Crippen LogP contribution in [0.25, 0.3) is 23.3 Å². The maximum atomic E-state index is 4.50. The Hall–Kier alpha value is -4.30. The zero-order valence-corrected chi connectivity index (χ0v) is 17.8. The predicted molar refractivity (Wildman–Crippen MR) is 139 cm³/mol. The minimum atomic E-state index is 0.929. The van der Waals surface area contributed by atoms with E-state index in [0.717, 1.165) is 33.6 Å². The molecule has 0 radical (unpaired) electrons. The highest BCUT2D eigenvalue weighted by Gasteiger charge is 1.98. The molecule has 0 aliphatic heterocycles. The summed E-state index contributed by atoms with van der Waals surface area (Å²) < 4.78 is 0. The molecule has 0 N–H and O–H groups in total. The van der Waals surface area contributed by atoms with E-state index in [0.29, 0.717) is 0 Å². The maximum Gasteiger partial charge on any atom is 0.0630 e. The van der Waals surface area contributed by atoms with Crippen LogP contribution < -0.4 is 0 Å². The lowest BCUT2D eigenvalue weighted by atomic mass is 10.1. The van der Waals surface area contributed by atoms with Gasteiger partial charge in [-0.25, -0.2) is 0 Å². The van der Waals surface area contributed by atoms with Gasteiger partial charge in [0.2, 0.25) is 0 Å². The van der Waals surface area contributed by atoms with Crippen LogP contribution >= 0.6 is 0 Å². The van der Waals surface area contributed by atoms with E-state index in [4.69, 9.17) is 0 Å². The van der Waals surface area contributed by atoms with Gasteiger partial charge in [-0.2, -0.15) is 0 Å². The van der Waals surface area contributed by atoms with E-state index in [1.807, 2.05) is 97.4 Å². The highest BCUT2D eigenvalue weighted by Crippen LogP contribution is 2.24. The number of rotatable bonds is 7. The Balaban J connectivity index is 1.33. The standard InChI is InChI=1S/C30H24N2/c1-3-9-25(10-4-1)13-7-23-31-29-19-15-27(16-20-29)28-17-21-30(22-18-28)32-24-8-14-26-11-5-2-6-12-26/h1-24H/b13-7+,14-8+,31-23?,32-24?. The fourth-order valence-corrected chi connectivity index (χ4v) is 3.17. The molecule has 0 heterocycles. The first-order valence-electron chi connectivity index (χ1n) is 10.6. The maximum absolute atomic E-state index is 4.50. The normalized spacial score (nSPS) is 11.9. The van der Waals surface area contributed by atoms with Crippen molar-refractivity contribution in [2.24, 2.45) is 9.98 Å². The zero-order valence-electron chi connectivity index (χ0n) is 17.8. The number of aliphatic imine (C=N–C) groups is 2. The molecule has 0 fully saturated rings. The molecule has 0 aliphatic rings. The zero-order chi connectivity index (χ0) is 21.8. The van der Waals surface area contributed by atoms with E-state index >= 15 is 0 Å². The third-order valence-electron chi connectivity index (χ3n) is 4.86. The molecule has 0 spiro atoms. The van der Waals surface area contributed by atoms with Crippen molar-refractivity contribution in [2.75, 3.05) is 0 Å². The largest absolute Gasteiger partial charge is 0.257 e. The lowest BCUT2D eigenvalue weighted by Gasteiger charge is -2.02. The van der Waals surface area contributed by atoms with Gasteiger partial charge in [0.1, 0.15) is 0 Å². The van der Waals surface area contributed by atoms with Crippen LogP contribution in [0.3, 0.4) is 0 Å². The predicted octanol–water partition coefficient (Wildman–Crippen LogP) is 8.19. The van der Waals surface area contributed by atoms with Gasteiger partial charge < -0.3 is 0 Å². The minimum Gasteiger partial charge on any atom is -0.257 e. The third-order valence-corrected chi connectivity index (χ3v) is 4.86. The van der Waals surface area contributed by atoms with Crippen molar-refractivity contribution in [1.29, 1.82) is 0 Å². The second-order valence-corrected chi connectivity index (χ2v) is 7.19. The summed E-state index contributed by atoms with van der Waals surface area (Å²) in [5.74, 6) is 0. The smallest absolute Gasteiger partial charge is 0.0630 e. The fourth-order valence-electron chi connectivity index (χ4n) is 3.17. The van der Waals surface area contributed by atoms with Gasteiger partial charge in [0, 0.05) is 12.4 Å². The molecule has 0 amide bonds. The van der Waals surface area contributed by atoms with E-state index in [2.05, 4.69) is 58.5 Å². The van der Waals surface area contributed by atoms with Crippen LogP contribution in [0.5, 0.6) is 0 Å². The van der Waals surface area contributed by atoms with Crippen molar-refractivity contribution >= 4 is 36.0 Å². The Morgan fingerprint density at radius 3 is 1.16 bits per heavy atom. The number of hydrogen-bond acceptors (Lipinski definition) is 2. The monoisotopic (exact) mass is 412 g/mol. The Kier molecular flexibility index (Phi) is 7.33. The molecular weight excluding hydrogens is 388 g/mol. The molecule has 2 heteroatoms. The molecule has 32 heavy (non-hydrogen) atoms. The lowest BCUT2D eigenvalue weighted by Crippen LogP contribution is -1.77. The first kappa shape index (κ1) is 21.0. The number of nitrogens with zero attached hydrogens (tertiary/aromatic N) is 2. The van der Waals surface area contributed by atoms with Gasteiger partial charge in [0.15, 0.2) is 0 Å². The van der Waals surface area contributed by atoms with Gasteiger partial charge in [-0.15, -0.1) is 0 Å².